The second-order valence-corrected chi connectivity index (χ2v) is 6.42. The van der Waals surface area contributed by atoms with E-state index in [2.05, 4.69) is 0 Å². The molecule has 0 spiro atoms. The highest BCUT2D eigenvalue weighted by Gasteiger charge is 2.24. The third-order valence-corrected chi connectivity index (χ3v) is 4.93. The van der Waals surface area contributed by atoms with E-state index in [1.807, 2.05) is 30.3 Å². The molecule has 0 amide bonds. The first kappa shape index (κ1) is 14.0. The molecule has 0 radical (unpaired) electrons. The molecule has 4 rings (SSSR count). The third-order valence-electron chi connectivity index (χ3n) is 3.79. The van der Waals surface area contributed by atoms with E-state index in [0.29, 0.717) is 4.90 Å². The highest BCUT2D eigenvalue weighted by atomic mass is 32.2. The molecule has 0 saturated carbocycles. The molecule has 114 valence electrons. The van der Waals surface area contributed by atoms with E-state index in [1.165, 1.54) is 23.9 Å². The van der Waals surface area contributed by atoms with Crippen LogP contribution in [0.4, 0.5) is 0 Å². The normalized spacial score (nSPS) is 13.3. The van der Waals surface area contributed by atoms with Crippen LogP contribution in [0.25, 0.3) is 11.3 Å². The van der Waals surface area contributed by atoms with Crippen molar-refractivity contribution in [1.82, 2.24) is 0 Å². The molecule has 0 saturated heterocycles. The van der Waals surface area contributed by atoms with E-state index in [4.69, 9.17) is 4.42 Å². The molecule has 0 fully saturated rings. The van der Waals surface area contributed by atoms with Gasteiger partial charge in [0.15, 0.2) is 5.78 Å². The van der Waals surface area contributed by atoms with E-state index >= 15 is 0 Å². The van der Waals surface area contributed by atoms with E-state index in [-0.39, 0.29) is 29.3 Å². The molecule has 0 bridgehead atoms. The zero-order chi connectivity index (χ0) is 16.0. The maximum Gasteiger partial charge on any atom is 0.172 e. The standard InChI is InChI=1S/C18H12O4S/c19-12-8-14(21)18-13(20)6-11-4-3-10(15-2-1-5-22-15)7-16(11)23-17(18)9-12/h1-5,7-9,19,21H,6H2. The molecule has 0 unspecified atom stereocenters. The van der Waals surface area contributed by atoms with Crippen LogP contribution in [-0.2, 0) is 6.42 Å². The average molecular weight is 324 g/mol. The summed E-state index contributed by atoms with van der Waals surface area (Å²) in [7, 11) is 0. The van der Waals surface area contributed by atoms with Gasteiger partial charge < -0.3 is 14.6 Å². The van der Waals surface area contributed by atoms with Crippen LogP contribution in [0.2, 0.25) is 0 Å². The van der Waals surface area contributed by atoms with Crippen molar-refractivity contribution in [3.8, 4) is 22.8 Å². The number of phenols is 2. The quantitative estimate of drug-likeness (QED) is 0.700. The van der Waals surface area contributed by atoms with Gasteiger partial charge in [0.05, 0.1) is 11.8 Å². The molecule has 1 aromatic heterocycles. The van der Waals surface area contributed by atoms with E-state index < -0.39 is 0 Å². The van der Waals surface area contributed by atoms with Crippen LogP contribution in [0.3, 0.4) is 0 Å². The Morgan fingerprint density at radius 1 is 1.04 bits per heavy atom. The van der Waals surface area contributed by atoms with Gasteiger partial charge in [-0.25, -0.2) is 0 Å². The van der Waals surface area contributed by atoms with Gasteiger partial charge in [-0.3, -0.25) is 4.79 Å². The molecule has 2 N–H and O–H groups in total. The Hall–Kier alpha value is -2.66. The van der Waals surface area contributed by atoms with Crippen molar-refractivity contribution >= 4 is 17.5 Å². The Kier molecular flexibility index (Phi) is 3.16. The predicted octanol–water partition coefficient (Wildman–Crippen LogP) is 4.25. The fourth-order valence-corrected chi connectivity index (χ4v) is 3.91. The lowest BCUT2D eigenvalue weighted by Crippen LogP contribution is -2.03. The van der Waals surface area contributed by atoms with E-state index in [9.17, 15) is 15.0 Å². The smallest absolute Gasteiger partial charge is 0.172 e. The Balaban J connectivity index is 1.86. The second kappa shape index (κ2) is 5.21. The fraction of sp³-hybridized carbons (Fsp3) is 0.0556. The van der Waals surface area contributed by atoms with E-state index in [1.54, 1.807) is 6.26 Å². The van der Waals surface area contributed by atoms with Crippen LogP contribution < -0.4 is 0 Å². The number of carbonyl (C=O) groups is 1. The number of fused-ring (bicyclic) bond motifs is 2. The summed E-state index contributed by atoms with van der Waals surface area (Å²) < 4.78 is 5.41. The predicted molar refractivity (Wildman–Crippen MR) is 86.1 cm³/mol. The lowest BCUT2D eigenvalue weighted by molar-refractivity contribution is 0.0987. The van der Waals surface area contributed by atoms with Crippen LogP contribution in [0.5, 0.6) is 11.5 Å². The molecule has 4 nitrogen and oxygen atoms in total. The molecular weight excluding hydrogens is 312 g/mol. The monoisotopic (exact) mass is 324 g/mol. The largest absolute Gasteiger partial charge is 0.508 e. The van der Waals surface area contributed by atoms with Gasteiger partial charge in [-0.05, 0) is 29.8 Å². The first-order chi connectivity index (χ1) is 11.1. The fourth-order valence-electron chi connectivity index (χ4n) is 2.72. The first-order valence-corrected chi connectivity index (χ1v) is 7.87. The topological polar surface area (TPSA) is 70.7 Å². The number of furan rings is 1. The molecule has 0 aliphatic carbocycles. The number of phenolic OH excluding ortho intramolecular Hbond substituents is 2. The number of ketones is 1. The number of carbonyl (C=O) groups excluding carboxylic acids is 1. The van der Waals surface area contributed by atoms with Crippen molar-refractivity contribution in [2.75, 3.05) is 0 Å². The molecule has 3 aromatic rings. The Morgan fingerprint density at radius 3 is 2.70 bits per heavy atom. The summed E-state index contributed by atoms with van der Waals surface area (Å²) >= 11 is 1.36. The van der Waals surface area contributed by atoms with Crippen LogP contribution in [0.1, 0.15) is 15.9 Å². The van der Waals surface area contributed by atoms with Crippen molar-refractivity contribution in [1.29, 1.82) is 0 Å². The van der Waals surface area contributed by atoms with Crippen molar-refractivity contribution in [2.24, 2.45) is 0 Å². The molecule has 2 heterocycles. The summed E-state index contributed by atoms with van der Waals surface area (Å²) in [5, 5.41) is 19.7. The van der Waals surface area contributed by atoms with Gasteiger partial charge in [0.2, 0.25) is 0 Å². The van der Waals surface area contributed by atoms with E-state index in [0.717, 1.165) is 21.8 Å². The van der Waals surface area contributed by atoms with Crippen LogP contribution in [0, 0.1) is 0 Å². The Bertz CT molecular complexity index is 913. The second-order valence-electron chi connectivity index (χ2n) is 5.34. The van der Waals surface area contributed by atoms with Gasteiger partial charge in [-0.1, -0.05) is 23.9 Å². The average Bonchev–Trinajstić information content (AvgIpc) is 2.98. The lowest BCUT2D eigenvalue weighted by atomic mass is 10.0. The van der Waals surface area contributed by atoms with Crippen LogP contribution in [-0.4, -0.2) is 16.0 Å². The summed E-state index contributed by atoms with van der Waals surface area (Å²) in [6.45, 7) is 0. The number of rotatable bonds is 1. The minimum absolute atomic E-state index is 0.0628. The summed E-state index contributed by atoms with van der Waals surface area (Å²) in [4.78, 5) is 13.9. The molecular formula is C18H12O4S. The third kappa shape index (κ3) is 2.39. The van der Waals surface area contributed by atoms with Gasteiger partial charge in [0.25, 0.3) is 0 Å². The number of hydrogen-bond acceptors (Lipinski definition) is 5. The zero-order valence-electron chi connectivity index (χ0n) is 11.9. The van der Waals surface area contributed by atoms with Gasteiger partial charge in [-0.2, -0.15) is 0 Å². The maximum absolute atomic E-state index is 12.4. The minimum Gasteiger partial charge on any atom is -0.508 e. The van der Waals surface area contributed by atoms with Gasteiger partial charge in [-0.15, -0.1) is 0 Å². The summed E-state index contributed by atoms with van der Waals surface area (Å²) in [5.74, 6) is 0.348. The van der Waals surface area contributed by atoms with Gasteiger partial charge >= 0.3 is 0 Å². The Labute approximate surface area is 136 Å². The lowest BCUT2D eigenvalue weighted by Gasteiger charge is -2.08. The SMILES string of the molecule is O=C1Cc2ccc(-c3ccco3)cc2Sc2cc(O)cc(O)c21. The summed E-state index contributed by atoms with van der Waals surface area (Å²) in [6.07, 6.45) is 1.83. The molecule has 1 aliphatic heterocycles. The number of aromatic hydroxyl groups is 2. The number of benzene rings is 2. The summed E-state index contributed by atoms with van der Waals surface area (Å²) in [6, 6.07) is 12.2. The molecule has 5 heteroatoms. The highest BCUT2D eigenvalue weighted by molar-refractivity contribution is 7.99. The first-order valence-electron chi connectivity index (χ1n) is 7.05. The van der Waals surface area contributed by atoms with Gasteiger partial charge in [0.1, 0.15) is 17.3 Å². The summed E-state index contributed by atoms with van der Waals surface area (Å²) in [5.41, 5.74) is 2.08. The molecule has 0 atom stereocenters. The number of Topliss-reactive ketones (excluding diaryl/α,β-unsaturated/α-hetero) is 1. The number of hydrogen-bond donors (Lipinski definition) is 2. The minimum atomic E-state index is -0.184. The highest BCUT2D eigenvalue weighted by Crippen LogP contribution is 2.43. The molecule has 2 aromatic carbocycles. The maximum atomic E-state index is 12.4. The molecule has 23 heavy (non-hydrogen) atoms. The Morgan fingerprint density at radius 2 is 1.91 bits per heavy atom. The van der Waals surface area contributed by atoms with Crippen molar-refractivity contribution in [2.45, 2.75) is 16.2 Å². The van der Waals surface area contributed by atoms with Crippen molar-refractivity contribution in [3.05, 3.63) is 59.9 Å². The van der Waals surface area contributed by atoms with Crippen molar-refractivity contribution < 1.29 is 19.4 Å². The van der Waals surface area contributed by atoms with Crippen LogP contribution >= 0.6 is 11.8 Å². The van der Waals surface area contributed by atoms with Gasteiger partial charge in [0, 0.05) is 27.8 Å². The zero-order valence-corrected chi connectivity index (χ0v) is 12.8. The molecule has 1 aliphatic rings. The van der Waals surface area contributed by atoms with Crippen LogP contribution in [0.15, 0.2) is 62.9 Å². The van der Waals surface area contributed by atoms with Crippen molar-refractivity contribution in [3.63, 3.8) is 0 Å².